The minimum absolute atomic E-state index is 0.0316. The Morgan fingerprint density at radius 1 is 0.944 bits per heavy atom. The van der Waals surface area contributed by atoms with Crippen molar-refractivity contribution in [2.24, 2.45) is 0 Å². The van der Waals surface area contributed by atoms with Gasteiger partial charge in [0.15, 0.2) is 5.78 Å². The molecule has 2 aromatic rings. The number of nitrogens with one attached hydrogen (secondary N) is 3. The smallest absolute Gasteiger partial charge is 0.321 e. The SMILES string of the molecule is CC(=O)c1ccc(NC(=O)N2CCN(C(=O)c3ccccc3)[C@H](C(=O)N[C@@H]3CCCNC3=O)C2)cc1. The number of piperidine rings is 1. The van der Waals surface area contributed by atoms with Gasteiger partial charge in [-0.05, 0) is 56.2 Å². The number of hydrogen-bond donors (Lipinski definition) is 3. The van der Waals surface area contributed by atoms with Gasteiger partial charge in [0, 0.05) is 36.4 Å². The zero-order valence-corrected chi connectivity index (χ0v) is 20.0. The number of carbonyl (C=O) groups is 5. The van der Waals surface area contributed by atoms with Gasteiger partial charge in [-0.1, -0.05) is 18.2 Å². The van der Waals surface area contributed by atoms with E-state index in [0.29, 0.717) is 29.8 Å². The zero-order chi connectivity index (χ0) is 25.7. The fraction of sp³-hybridized carbons (Fsp3) is 0.346. The number of nitrogens with zero attached hydrogens (tertiary/aromatic N) is 2. The van der Waals surface area contributed by atoms with Crippen molar-refractivity contribution in [3.05, 3.63) is 65.7 Å². The van der Waals surface area contributed by atoms with E-state index in [9.17, 15) is 24.0 Å². The molecule has 2 heterocycles. The number of hydrogen-bond acceptors (Lipinski definition) is 5. The lowest BCUT2D eigenvalue weighted by atomic mass is 10.0. The highest BCUT2D eigenvalue weighted by Crippen LogP contribution is 2.18. The maximum Gasteiger partial charge on any atom is 0.321 e. The van der Waals surface area contributed by atoms with Crippen molar-refractivity contribution in [1.29, 1.82) is 0 Å². The van der Waals surface area contributed by atoms with E-state index in [1.165, 1.54) is 16.7 Å². The molecule has 0 saturated carbocycles. The van der Waals surface area contributed by atoms with Crippen LogP contribution in [0.1, 0.15) is 40.5 Å². The van der Waals surface area contributed by atoms with Gasteiger partial charge in [-0.15, -0.1) is 0 Å². The number of anilines is 1. The van der Waals surface area contributed by atoms with Gasteiger partial charge in [-0.25, -0.2) is 4.79 Å². The van der Waals surface area contributed by atoms with Gasteiger partial charge in [0.2, 0.25) is 11.8 Å². The fourth-order valence-electron chi connectivity index (χ4n) is 4.35. The van der Waals surface area contributed by atoms with Crippen LogP contribution < -0.4 is 16.0 Å². The van der Waals surface area contributed by atoms with E-state index in [1.807, 2.05) is 0 Å². The summed E-state index contributed by atoms with van der Waals surface area (Å²) in [6.45, 7) is 2.37. The predicted molar refractivity (Wildman–Crippen MR) is 132 cm³/mol. The molecule has 2 aliphatic rings. The summed E-state index contributed by atoms with van der Waals surface area (Å²) in [5, 5.41) is 8.28. The van der Waals surface area contributed by atoms with Crippen LogP contribution in [0.25, 0.3) is 0 Å². The van der Waals surface area contributed by atoms with Gasteiger partial charge in [0.25, 0.3) is 5.91 Å². The van der Waals surface area contributed by atoms with Crippen LogP contribution in [0.3, 0.4) is 0 Å². The Bertz CT molecular complexity index is 1150. The first kappa shape index (κ1) is 24.9. The molecule has 10 nitrogen and oxygen atoms in total. The minimum atomic E-state index is -0.966. The third-order valence-electron chi connectivity index (χ3n) is 6.40. The number of urea groups is 1. The average Bonchev–Trinajstić information content (AvgIpc) is 2.90. The molecule has 5 amide bonds. The Labute approximate surface area is 209 Å². The van der Waals surface area contributed by atoms with Crippen LogP contribution in [-0.4, -0.2) is 77.6 Å². The summed E-state index contributed by atoms with van der Waals surface area (Å²) in [5.41, 5.74) is 1.48. The Balaban J connectivity index is 1.50. The minimum Gasteiger partial charge on any atom is -0.354 e. The molecule has 0 spiro atoms. The number of Topliss-reactive ketones (excluding diaryl/α,β-unsaturated/α-hetero) is 1. The highest BCUT2D eigenvalue weighted by atomic mass is 16.2. The van der Waals surface area contributed by atoms with Crippen LogP contribution in [0.4, 0.5) is 10.5 Å². The van der Waals surface area contributed by atoms with Gasteiger partial charge in [-0.3, -0.25) is 19.2 Å². The lowest BCUT2D eigenvalue weighted by Crippen LogP contribution is -2.64. The van der Waals surface area contributed by atoms with Crippen molar-refractivity contribution in [1.82, 2.24) is 20.4 Å². The molecule has 0 bridgehead atoms. The van der Waals surface area contributed by atoms with E-state index in [0.717, 1.165) is 6.42 Å². The van der Waals surface area contributed by atoms with Crippen molar-refractivity contribution in [2.45, 2.75) is 31.8 Å². The molecule has 2 saturated heterocycles. The molecule has 2 aromatic carbocycles. The summed E-state index contributed by atoms with van der Waals surface area (Å²) in [6, 6.07) is 13.1. The molecule has 0 radical (unpaired) electrons. The Hall–Kier alpha value is -4.21. The lowest BCUT2D eigenvalue weighted by molar-refractivity contribution is -0.133. The van der Waals surface area contributed by atoms with Crippen molar-refractivity contribution in [3.63, 3.8) is 0 Å². The number of benzene rings is 2. The zero-order valence-electron chi connectivity index (χ0n) is 20.0. The highest BCUT2D eigenvalue weighted by Gasteiger charge is 2.39. The lowest BCUT2D eigenvalue weighted by Gasteiger charge is -2.41. The van der Waals surface area contributed by atoms with Gasteiger partial charge in [-0.2, -0.15) is 0 Å². The van der Waals surface area contributed by atoms with Crippen LogP contribution in [0.15, 0.2) is 54.6 Å². The number of rotatable bonds is 5. The summed E-state index contributed by atoms with van der Waals surface area (Å²) in [4.78, 5) is 66.2. The maximum absolute atomic E-state index is 13.3. The number of amides is 5. The van der Waals surface area contributed by atoms with E-state index in [4.69, 9.17) is 0 Å². The second-order valence-corrected chi connectivity index (χ2v) is 8.88. The third kappa shape index (κ3) is 5.70. The van der Waals surface area contributed by atoms with Gasteiger partial charge in [0.1, 0.15) is 12.1 Å². The molecule has 0 unspecified atom stereocenters. The molecule has 10 heteroatoms. The molecule has 188 valence electrons. The van der Waals surface area contributed by atoms with E-state index in [1.54, 1.807) is 54.6 Å². The Kier molecular flexibility index (Phi) is 7.62. The van der Waals surface area contributed by atoms with Gasteiger partial charge < -0.3 is 25.8 Å². The van der Waals surface area contributed by atoms with E-state index in [2.05, 4.69) is 16.0 Å². The van der Waals surface area contributed by atoms with Crippen molar-refractivity contribution in [3.8, 4) is 0 Å². The van der Waals surface area contributed by atoms with Crippen LogP contribution >= 0.6 is 0 Å². The van der Waals surface area contributed by atoms with Crippen LogP contribution in [0.2, 0.25) is 0 Å². The third-order valence-corrected chi connectivity index (χ3v) is 6.40. The molecule has 0 aliphatic carbocycles. The predicted octanol–water partition coefficient (Wildman–Crippen LogP) is 1.64. The van der Waals surface area contributed by atoms with E-state index in [-0.39, 0.29) is 37.2 Å². The standard InChI is InChI=1S/C26H29N5O5/c1-17(32)18-9-11-20(12-10-18)28-26(36)30-14-15-31(25(35)19-6-3-2-4-7-19)22(16-30)24(34)29-21-8-5-13-27-23(21)33/h2-4,6-7,9-12,21-22H,5,8,13-16H2,1H3,(H,27,33)(H,28,36)(H,29,34)/t21-,22+/m1/s1. The first-order valence-electron chi connectivity index (χ1n) is 11.9. The maximum atomic E-state index is 13.3. The largest absolute Gasteiger partial charge is 0.354 e. The molecule has 2 aliphatic heterocycles. The summed E-state index contributed by atoms with van der Waals surface area (Å²) < 4.78 is 0. The fourth-order valence-corrected chi connectivity index (χ4v) is 4.35. The molecule has 4 rings (SSSR count). The summed E-state index contributed by atoms with van der Waals surface area (Å²) in [5.74, 6) is -1.13. The van der Waals surface area contributed by atoms with Gasteiger partial charge in [0.05, 0.1) is 6.54 Å². The van der Waals surface area contributed by atoms with Crippen molar-refractivity contribution < 1.29 is 24.0 Å². The number of ketones is 1. The Morgan fingerprint density at radius 2 is 1.67 bits per heavy atom. The summed E-state index contributed by atoms with van der Waals surface area (Å²) in [6.07, 6.45) is 1.25. The first-order chi connectivity index (χ1) is 17.3. The molecule has 3 N–H and O–H groups in total. The van der Waals surface area contributed by atoms with E-state index < -0.39 is 24.0 Å². The normalized spacial score (nSPS) is 19.8. The first-order valence-corrected chi connectivity index (χ1v) is 11.9. The molecule has 0 aromatic heterocycles. The van der Waals surface area contributed by atoms with Crippen LogP contribution in [0.5, 0.6) is 0 Å². The quantitative estimate of drug-likeness (QED) is 0.548. The Morgan fingerprint density at radius 3 is 2.33 bits per heavy atom. The highest BCUT2D eigenvalue weighted by molar-refractivity contribution is 5.99. The number of piperazine rings is 1. The second kappa shape index (κ2) is 11.0. The molecule has 36 heavy (non-hydrogen) atoms. The summed E-state index contributed by atoms with van der Waals surface area (Å²) >= 11 is 0. The van der Waals surface area contributed by atoms with Crippen molar-refractivity contribution >= 4 is 35.2 Å². The second-order valence-electron chi connectivity index (χ2n) is 8.88. The number of carbonyl (C=O) groups excluding carboxylic acids is 5. The van der Waals surface area contributed by atoms with Gasteiger partial charge >= 0.3 is 6.03 Å². The average molecular weight is 492 g/mol. The monoisotopic (exact) mass is 491 g/mol. The van der Waals surface area contributed by atoms with Crippen LogP contribution in [-0.2, 0) is 9.59 Å². The molecule has 2 fully saturated rings. The molecule has 2 atom stereocenters. The van der Waals surface area contributed by atoms with Crippen molar-refractivity contribution in [2.75, 3.05) is 31.5 Å². The van der Waals surface area contributed by atoms with E-state index >= 15 is 0 Å². The summed E-state index contributed by atoms with van der Waals surface area (Å²) in [7, 11) is 0. The molecular formula is C26H29N5O5. The topological polar surface area (TPSA) is 128 Å². The molecular weight excluding hydrogens is 462 g/mol. The van der Waals surface area contributed by atoms with Crippen LogP contribution in [0, 0.1) is 0 Å².